The molecule has 26 heavy (non-hydrogen) atoms. The zero-order valence-corrected chi connectivity index (χ0v) is 15.0. The van der Waals surface area contributed by atoms with Crippen molar-refractivity contribution in [3.63, 3.8) is 0 Å². The Bertz CT molecular complexity index is 753. The molecule has 3 rings (SSSR count). The fourth-order valence-electron chi connectivity index (χ4n) is 2.35. The van der Waals surface area contributed by atoms with Gasteiger partial charge in [0, 0.05) is 19.8 Å². The fraction of sp³-hybridized carbons (Fsp3) is 0.286. The lowest BCUT2D eigenvalue weighted by Crippen LogP contribution is -2.28. The minimum absolute atomic E-state index is 0.00104. The van der Waals surface area contributed by atoms with Crippen molar-refractivity contribution in [2.75, 3.05) is 0 Å². The summed E-state index contributed by atoms with van der Waals surface area (Å²) in [6.07, 6.45) is 1.17. The molecule has 1 aromatic carbocycles. The van der Waals surface area contributed by atoms with Gasteiger partial charge in [-0.25, -0.2) is 4.79 Å². The molecule has 1 amide bonds. The average molecular weight is 353 g/mol. The number of ketones is 1. The maximum absolute atomic E-state index is 11.8. The third-order valence-corrected chi connectivity index (χ3v) is 3.88. The van der Waals surface area contributed by atoms with Crippen molar-refractivity contribution in [1.82, 2.24) is 5.48 Å². The quantitative estimate of drug-likeness (QED) is 0.689. The van der Waals surface area contributed by atoms with Crippen molar-refractivity contribution in [3.05, 3.63) is 60.2 Å². The van der Waals surface area contributed by atoms with Gasteiger partial charge >= 0.3 is 5.97 Å². The number of rotatable bonds is 6. The van der Waals surface area contributed by atoms with Crippen LogP contribution in [-0.4, -0.2) is 17.7 Å². The Hall–Kier alpha value is -2.95. The molecule has 0 radical (unpaired) electrons. The van der Waals surface area contributed by atoms with Crippen LogP contribution in [-0.2, 0) is 25.6 Å². The Morgan fingerprint density at radius 1 is 1.00 bits per heavy atom. The molecule has 5 heteroatoms. The minimum atomic E-state index is -0.603. The normalized spacial score (nSPS) is 11.5. The molecule has 2 aliphatic rings. The predicted octanol–water partition coefficient (Wildman–Crippen LogP) is 3.48. The third-order valence-electron chi connectivity index (χ3n) is 3.88. The maximum atomic E-state index is 11.8. The first-order valence-electron chi connectivity index (χ1n) is 8.59. The smallest absolute Gasteiger partial charge is 0.335 e. The van der Waals surface area contributed by atoms with Gasteiger partial charge in [-0.1, -0.05) is 55.5 Å². The van der Waals surface area contributed by atoms with E-state index in [4.69, 9.17) is 0 Å². The van der Waals surface area contributed by atoms with Gasteiger partial charge < -0.3 is 4.84 Å². The van der Waals surface area contributed by atoms with E-state index in [0.717, 1.165) is 5.56 Å². The lowest BCUT2D eigenvalue weighted by molar-refractivity contribution is -0.161. The monoisotopic (exact) mass is 353 g/mol. The van der Waals surface area contributed by atoms with Crippen LogP contribution in [0.25, 0.3) is 11.1 Å². The molecule has 1 aromatic rings. The summed E-state index contributed by atoms with van der Waals surface area (Å²) < 4.78 is 0. The molecule has 0 aromatic heterocycles. The average Bonchev–Trinajstić information content (AvgIpc) is 3.24. The van der Waals surface area contributed by atoms with E-state index in [2.05, 4.69) is 29.1 Å². The first-order chi connectivity index (χ1) is 12.5. The summed E-state index contributed by atoms with van der Waals surface area (Å²) in [7, 11) is 0. The minimum Gasteiger partial charge on any atom is -0.341 e. The summed E-state index contributed by atoms with van der Waals surface area (Å²) in [5.41, 5.74) is 5.90. The summed E-state index contributed by atoms with van der Waals surface area (Å²) in [4.78, 5) is 38.4. The largest absolute Gasteiger partial charge is 0.341 e. The summed E-state index contributed by atoms with van der Waals surface area (Å²) in [6.45, 7) is 2.84. The number of carbonyl (C=O) groups is 3. The van der Waals surface area contributed by atoms with Gasteiger partial charge in [0.15, 0.2) is 0 Å². The molecular weight excluding hydrogens is 330 g/mol. The number of aryl methyl sites for hydroxylation is 1. The number of nitrogens with one attached hydrogen (secondary N) is 1. The van der Waals surface area contributed by atoms with Crippen LogP contribution in [0.3, 0.4) is 0 Å². The van der Waals surface area contributed by atoms with Crippen molar-refractivity contribution in [1.29, 1.82) is 0 Å². The molecule has 1 atom stereocenters. The number of hydrogen-bond donors (Lipinski definition) is 1. The Labute approximate surface area is 153 Å². The molecule has 0 spiro atoms. The van der Waals surface area contributed by atoms with E-state index in [1.807, 2.05) is 35.8 Å². The van der Waals surface area contributed by atoms with E-state index in [9.17, 15) is 14.4 Å². The van der Waals surface area contributed by atoms with Crippen molar-refractivity contribution < 1.29 is 19.2 Å². The molecule has 1 N–H and O–H groups in total. The number of hydrogen-bond acceptors (Lipinski definition) is 4. The van der Waals surface area contributed by atoms with Gasteiger partial charge in [-0.15, -0.1) is 0 Å². The van der Waals surface area contributed by atoms with Crippen LogP contribution in [0.4, 0.5) is 0 Å². The van der Waals surface area contributed by atoms with Crippen molar-refractivity contribution in [3.8, 4) is 11.1 Å². The van der Waals surface area contributed by atoms with E-state index in [-0.39, 0.29) is 12.2 Å². The zero-order valence-electron chi connectivity index (χ0n) is 15.0. The molecule has 0 bridgehead atoms. The number of amides is 1. The second kappa shape index (κ2) is 9.51. The molecule has 2 aliphatic carbocycles. The van der Waals surface area contributed by atoms with E-state index < -0.39 is 17.8 Å². The van der Waals surface area contributed by atoms with Crippen LogP contribution in [0.15, 0.2) is 54.6 Å². The van der Waals surface area contributed by atoms with E-state index in [1.165, 1.54) is 18.1 Å². The van der Waals surface area contributed by atoms with Gasteiger partial charge in [-0.3, -0.25) is 9.59 Å². The van der Waals surface area contributed by atoms with Crippen LogP contribution in [0.2, 0.25) is 0 Å². The summed E-state index contributed by atoms with van der Waals surface area (Å²) in [6, 6.07) is 18.2. The highest BCUT2D eigenvalue weighted by Gasteiger charge is 2.19. The van der Waals surface area contributed by atoms with E-state index in [1.54, 1.807) is 6.92 Å². The van der Waals surface area contributed by atoms with Crippen LogP contribution < -0.4 is 5.48 Å². The van der Waals surface area contributed by atoms with Gasteiger partial charge in [0.1, 0.15) is 5.78 Å². The highest BCUT2D eigenvalue weighted by Crippen LogP contribution is 2.32. The second-order valence-corrected chi connectivity index (χ2v) is 6.29. The van der Waals surface area contributed by atoms with Gasteiger partial charge in [0.2, 0.25) is 5.91 Å². The lowest BCUT2D eigenvalue weighted by atomic mass is 10.00. The third kappa shape index (κ3) is 6.89. The summed E-state index contributed by atoms with van der Waals surface area (Å²) >= 11 is 0. The standard InChI is InChI=1S/C15H19NO4.C6H4/c1-11(15(19)20-16-12(2)17)10-14(18)9-8-13-6-4-3-5-7-13;1-2-5-4-6(5)3-1/h3-7,11H,8-10H2,1-2H3,(H,16,17);1-4H. The van der Waals surface area contributed by atoms with Crippen molar-refractivity contribution in [2.24, 2.45) is 5.92 Å². The summed E-state index contributed by atoms with van der Waals surface area (Å²) in [5.74, 6) is -1.62. The number of benzene rings is 2. The van der Waals surface area contributed by atoms with E-state index in [0.29, 0.717) is 12.8 Å². The number of Topliss-reactive ketones (excluding diaryl/α,β-unsaturated/α-hetero) is 1. The molecule has 0 saturated carbocycles. The topological polar surface area (TPSA) is 72.5 Å². The van der Waals surface area contributed by atoms with Gasteiger partial charge in [0.05, 0.1) is 5.92 Å². The molecule has 0 heterocycles. The van der Waals surface area contributed by atoms with Gasteiger partial charge in [-0.2, -0.15) is 5.48 Å². The van der Waals surface area contributed by atoms with Gasteiger partial charge in [0.25, 0.3) is 0 Å². The maximum Gasteiger partial charge on any atom is 0.335 e. The molecule has 0 saturated heterocycles. The number of fused-ring (bicyclic) bond motifs is 1. The first-order valence-corrected chi connectivity index (χ1v) is 8.59. The Morgan fingerprint density at radius 3 is 2.15 bits per heavy atom. The Morgan fingerprint density at radius 2 is 1.65 bits per heavy atom. The van der Waals surface area contributed by atoms with Crippen molar-refractivity contribution >= 4 is 17.7 Å². The zero-order chi connectivity index (χ0) is 18.9. The van der Waals surface area contributed by atoms with Crippen LogP contribution in [0, 0.1) is 5.92 Å². The van der Waals surface area contributed by atoms with Crippen molar-refractivity contribution in [2.45, 2.75) is 33.1 Å². The van der Waals surface area contributed by atoms with Crippen LogP contribution in [0.5, 0.6) is 0 Å². The SMILES string of the molecule is CC(=O)NOC(=O)C(C)CC(=O)CCc1ccccc1.c1cc2cc-2c1. The van der Waals surface area contributed by atoms with Gasteiger partial charge in [-0.05, 0) is 29.2 Å². The van der Waals surface area contributed by atoms with Crippen LogP contribution >= 0.6 is 0 Å². The highest BCUT2D eigenvalue weighted by molar-refractivity contribution is 5.85. The van der Waals surface area contributed by atoms with E-state index >= 15 is 0 Å². The highest BCUT2D eigenvalue weighted by atomic mass is 16.7. The van der Waals surface area contributed by atoms with Crippen LogP contribution in [0.1, 0.15) is 32.3 Å². The molecular formula is C21H23NO4. The molecule has 0 aliphatic heterocycles. The second-order valence-electron chi connectivity index (χ2n) is 6.29. The predicted molar refractivity (Wildman–Crippen MR) is 98.9 cm³/mol. The first kappa shape index (κ1) is 19.4. The molecule has 1 unspecified atom stereocenters. The Balaban J connectivity index is 0.000000331. The number of hydroxylamine groups is 1. The Kier molecular flexibility index (Phi) is 7.09. The fourth-order valence-corrected chi connectivity index (χ4v) is 2.35. The number of carbonyl (C=O) groups excluding carboxylic acids is 3. The molecule has 136 valence electrons. The lowest BCUT2D eigenvalue weighted by Gasteiger charge is -2.09. The summed E-state index contributed by atoms with van der Waals surface area (Å²) in [5, 5.41) is 0. The molecule has 5 nitrogen and oxygen atoms in total. The molecule has 0 fully saturated rings.